The number of methoxy groups -OCH3 is 1. The Hall–Kier alpha value is -1.92. The van der Waals surface area contributed by atoms with E-state index in [-0.39, 0.29) is 23.3 Å². The van der Waals surface area contributed by atoms with E-state index in [1.54, 1.807) is 7.11 Å². The topological polar surface area (TPSA) is 70.7 Å². The average Bonchev–Trinajstić information content (AvgIpc) is 3.42. The molecule has 0 unspecified atom stereocenters. The highest BCUT2D eigenvalue weighted by Gasteiger charge is 2.65. The third kappa shape index (κ3) is 2.40. The van der Waals surface area contributed by atoms with Crippen LogP contribution in [0, 0.1) is 5.92 Å². The maximum absolute atomic E-state index is 13.7. The molecule has 1 aromatic rings. The number of rotatable bonds is 4. The van der Waals surface area contributed by atoms with Gasteiger partial charge in [-0.3, -0.25) is 14.5 Å². The lowest BCUT2D eigenvalue weighted by atomic mass is 9.77. The van der Waals surface area contributed by atoms with Crippen LogP contribution in [0.1, 0.15) is 50.5 Å². The van der Waals surface area contributed by atoms with Crippen molar-refractivity contribution >= 4 is 17.5 Å². The van der Waals surface area contributed by atoms with Gasteiger partial charge in [-0.1, -0.05) is 31.0 Å². The van der Waals surface area contributed by atoms with Gasteiger partial charge in [-0.05, 0) is 44.7 Å². The van der Waals surface area contributed by atoms with Crippen LogP contribution in [0.4, 0.5) is 5.69 Å². The van der Waals surface area contributed by atoms with E-state index in [0.717, 1.165) is 62.7 Å². The lowest BCUT2D eigenvalue weighted by Crippen LogP contribution is -2.58. The van der Waals surface area contributed by atoms with E-state index in [4.69, 9.17) is 4.74 Å². The number of carbonyl (C=O) groups excluding carboxylic acids is 2. The van der Waals surface area contributed by atoms with E-state index < -0.39 is 5.54 Å². The van der Waals surface area contributed by atoms with Crippen LogP contribution in [-0.2, 0) is 19.9 Å². The number of carbonyl (C=O) groups is 2. The Morgan fingerprint density at radius 1 is 1.29 bits per heavy atom. The molecular formula is C22H29N3O3. The van der Waals surface area contributed by atoms with Crippen LogP contribution in [0.2, 0.25) is 0 Å². The Labute approximate surface area is 166 Å². The molecule has 1 saturated carbocycles. The van der Waals surface area contributed by atoms with Crippen LogP contribution in [0.5, 0.6) is 0 Å². The number of hydrogen-bond donors (Lipinski definition) is 2. The standard InChI is InChI=1S/C22H29N3O3/c1-28-14-21(10-4-5-11-21)24-19(26)17-13-15-7-6-12-25(15)22(17)16-8-2-3-9-18(16)23-20(22)27/h2-3,8-9,15,17H,4-7,10-14H2,1H3,(H,23,27)(H,24,26)/t15-,17+,22+/m1/s1. The van der Waals surface area contributed by atoms with Crippen LogP contribution < -0.4 is 10.6 Å². The van der Waals surface area contributed by atoms with Crippen molar-refractivity contribution in [3.05, 3.63) is 29.8 Å². The van der Waals surface area contributed by atoms with Gasteiger partial charge < -0.3 is 15.4 Å². The van der Waals surface area contributed by atoms with Gasteiger partial charge in [-0.2, -0.15) is 0 Å². The maximum atomic E-state index is 13.7. The minimum absolute atomic E-state index is 0.0141. The fraction of sp³-hybridized carbons (Fsp3) is 0.636. The van der Waals surface area contributed by atoms with E-state index in [2.05, 4.69) is 15.5 Å². The van der Waals surface area contributed by atoms with Gasteiger partial charge in [0.15, 0.2) is 0 Å². The first-order chi connectivity index (χ1) is 13.6. The number of nitrogens with one attached hydrogen (secondary N) is 2. The van der Waals surface area contributed by atoms with Crippen LogP contribution in [-0.4, -0.2) is 48.6 Å². The zero-order chi connectivity index (χ0) is 19.4. The number of nitrogens with zero attached hydrogens (tertiary/aromatic N) is 1. The third-order valence-electron chi connectivity index (χ3n) is 7.46. The minimum Gasteiger partial charge on any atom is -0.382 e. The Kier molecular flexibility index (Phi) is 4.25. The molecule has 1 aliphatic carbocycles. The number of amides is 2. The van der Waals surface area contributed by atoms with E-state index >= 15 is 0 Å². The molecule has 3 heterocycles. The molecular weight excluding hydrogens is 354 g/mol. The number of hydrogen-bond acceptors (Lipinski definition) is 4. The molecule has 1 spiro atoms. The molecule has 150 valence electrons. The second-order valence-electron chi connectivity index (χ2n) is 8.95. The predicted octanol–water partition coefficient (Wildman–Crippen LogP) is 2.39. The highest BCUT2D eigenvalue weighted by Crippen LogP contribution is 2.55. The molecule has 3 fully saturated rings. The van der Waals surface area contributed by atoms with Crippen molar-refractivity contribution in [3.63, 3.8) is 0 Å². The van der Waals surface area contributed by atoms with E-state index in [0.29, 0.717) is 12.6 Å². The van der Waals surface area contributed by atoms with Gasteiger partial charge in [-0.25, -0.2) is 0 Å². The van der Waals surface area contributed by atoms with Gasteiger partial charge in [0, 0.05) is 24.4 Å². The summed E-state index contributed by atoms with van der Waals surface area (Å²) in [5.74, 6) is -0.388. The molecule has 0 aromatic heterocycles. The normalized spacial score (nSPS) is 33.1. The summed E-state index contributed by atoms with van der Waals surface area (Å²) < 4.78 is 5.46. The van der Waals surface area contributed by atoms with E-state index in [1.165, 1.54) is 0 Å². The molecule has 0 bridgehead atoms. The van der Waals surface area contributed by atoms with Crippen molar-refractivity contribution in [2.75, 3.05) is 25.6 Å². The molecule has 3 aliphatic heterocycles. The summed E-state index contributed by atoms with van der Waals surface area (Å²) in [4.78, 5) is 29.4. The van der Waals surface area contributed by atoms with Crippen molar-refractivity contribution in [2.24, 2.45) is 5.92 Å². The first-order valence-corrected chi connectivity index (χ1v) is 10.6. The number of fused-ring (bicyclic) bond motifs is 4. The van der Waals surface area contributed by atoms with Gasteiger partial charge in [0.25, 0.3) is 0 Å². The SMILES string of the molecule is COCC1(NC(=O)[C@@H]2C[C@H]3CCCN3[C@]23C(=O)Nc2ccccc23)CCCC1. The molecule has 28 heavy (non-hydrogen) atoms. The van der Waals surface area contributed by atoms with Crippen molar-refractivity contribution in [1.82, 2.24) is 10.2 Å². The first kappa shape index (κ1) is 18.1. The molecule has 0 radical (unpaired) electrons. The van der Waals surface area contributed by atoms with Gasteiger partial charge in [0.2, 0.25) is 11.8 Å². The lowest BCUT2D eigenvalue weighted by molar-refractivity contribution is -0.139. The molecule has 1 aromatic carbocycles. The Morgan fingerprint density at radius 2 is 2.07 bits per heavy atom. The molecule has 5 rings (SSSR count). The number of ether oxygens (including phenoxy) is 1. The van der Waals surface area contributed by atoms with Gasteiger partial charge in [0.1, 0.15) is 5.54 Å². The van der Waals surface area contributed by atoms with Gasteiger partial charge in [-0.15, -0.1) is 0 Å². The average molecular weight is 383 g/mol. The second-order valence-corrected chi connectivity index (χ2v) is 8.95. The summed E-state index contributed by atoms with van der Waals surface area (Å²) in [6, 6.07) is 8.19. The van der Waals surface area contributed by atoms with Crippen molar-refractivity contribution in [2.45, 2.75) is 62.1 Å². The maximum Gasteiger partial charge on any atom is 0.250 e. The smallest absolute Gasteiger partial charge is 0.250 e. The van der Waals surface area contributed by atoms with E-state index in [9.17, 15) is 9.59 Å². The summed E-state index contributed by atoms with van der Waals surface area (Å²) in [5, 5.41) is 6.43. The largest absolute Gasteiger partial charge is 0.382 e. The fourth-order valence-corrected chi connectivity index (χ4v) is 6.36. The fourth-order valence-electron chi connectivity index (χ4n) is 6.36. The molecule has 6 heteroatoms. The number of para-hydroxylation sites is 1. The zero-order valence-corrected chi connectivity index (χ0v) is 16.5. The lowest BCUT2D eigenvalue weighted by Gasteiger charge is -2.38. The van der Waals surface area contributed by atoms with Crippen LogP contribution in [0.3, 0.4) is 0 Å². The summed E-state index contributed by atoms with van der Waals surface area (Å²) in [6.07, 6.45) is 7.00. The predicted molar refractivity (Wildman–Crippen MR) is 106 cm³/mol. The quantitative estimate of drug-likeness (QED) is 0.838. The molecule has 3 atom stereocenters. The molecule has 2 N–H and O–H groups in total. The highest BCUT2D eigenvalue weighted by molar-refractivity contribution is 6.09. The molecule has 2 amide bonds. The van der Waals surface area contributed by atoms with Gasteiger partial charge >= 0.3 is 0 Å². The van der Waals surface area contributed by atoms with Crippen LogP contribution in [0.15, 0.2) is 24.3 Å². The summed E-state index contributed by atoms with van der Waals surface area (Å²) in [7, 11) is 1.69. The summed E-state index contributed by atoms with van der Waals surface area (Å²) >= 11 is 0. The molecule has 4 aliphatic rings. The second kappa shape index (κ2) is 6.56. The zero-order valence-electron chi connectivity index (χ0n) is 16.5. The summed E-state index contributed by atoms with van der Waals surface area (Å²) in [5.41, 5.74) is 0.672. The third-order valence-corrected chi connectivity index (χ3v) is 7.46. The highest BCUT2D eigenvalue weighted by atomic mass is 16.5. The first-order valence-electron chi connectivity index (χ1n) is 10.6. The summed E-state index contributed by atoms with van der Waals surface area (Å²) in [6.45, 7) is 1.41. The number of anilines is 1. The van der Waals surface area contributed by atoms with Gasteiger partial charge in [0.05, 0.1) is 18.1 Å². The van der Waals surface area contributed by atoms with Crippen molar-refractivity contribution in [3.8, 4) is 0 Å². The number of benzene rings is 1. The Balaban J connectivity index is 1.54. The minimum atomic E-state index is -0.866. The Bertz CT molecular complexity index is 804. The Morgan fingerprint density at radius 3 is 2.86 bits per heavy atom. The van der Waals surface area contributed by atoms with Crippen molar-refractivity contribution < 1.29 is 14.3 Å². The van der Waals surface area contributed by atoms with E-state index in [1.807, 2.05) is 24.3 Å². The van der Waals surface area contributed by atoms with Crippen LogP contribution in [0.25, 0.3) is 0 Å². The molecule has 6 nitrogen and oxygen atoms in total. The van der Waals surface area contributed by atoms with Crippen LogP contribution >= 0.6 is 0 Å². The molecule has 2 saturated heterocycles. The monoisotopic (exact) mass is 383 g/mol. The van der Waals surface area contributed by atoms with Crippen molar-refractivity contribution in [1.29, 1.82) is 0 Å².